The quantitative estimate of drug-likeness (QED) is 0.811. The van der Waals surface area contributed by atoms with E-state index in [9.17, 15) is 0 Å². The van der Waals surface area contributed by atoms with Crippen molar-refractivity contribution in [3.05, 3.63) is 30.5 Å². The molecule has 1 aliphatic rings. The number of anilines is 1. The minimum absolute atomic E-state index is 0.585. The number of thioether (sulfide) groups is 1. The lowest BCUT2D eigenvalue weighted by atomic mass is 9.96. The van der Waals surface area contributed by atoms with Crippen LogP contribution in [0.3, 0.4) is 0 Å². The highest BCUT2D eigenvalue weighted by Gasteiger charge is 2.14. The van der Waals surface area contributed by atoms with Gasteiger partial charge in [0.15, 0.2) is 0 Å². The molecule has 2 aromatic rings. The van der Waals surface area contributed by atoms with Crippen molar-refractivity contribution < 1.29 is 0 Å². The number of H-pyrrole nitrogens is 1. The SMILES string of the molecule is CSc1ccc(-c2cnc(NC3CCCCC3)[nH]2)cc1. The summed E-state index contributed by atoms with van der Waals surface area (Å²) in [6.07, 6.45) is 10.6. The Morgan fingerprint density at radius 3 is 2.60 bits per heavy atom. The monoisotopic (exact) mass is 287 g/mol. The highest BCUT2D eigenvalue weighted by Crippen LogP contribution is 2.24. The van der Waals surface area contributed by atoms with E-state index in [1.807, 2.05) is 6.20 Å². The Balaban J connectivity index is 1.68. The number of hydrogen-bond donors (Lipinski definition) is 2. The summed E-state index contributed by atoms with van der Waals surface area (Å²) in [7, 11) is 0. The summed E-state index contributed by atoms with van der Waals surface area (Å²) in [5.41, 5.74) is 2.27. The van der Waals surface area contributed by atoms with Gasteiger partial charge in [-0.2, -0.15) is 0 Å². The van der Waals surface area contributed by atoms with Crippen LogP contribution >= 0.6 is 11.8 Å². The molecule has 0 aliphatic heterocycles. The van der Waals surface area contributed by atoms with Crippen LogP contribution in [0.1, 0.15) is 32.1 Å². The third-order valence-corrected chi connectivity index (χ3v) is 4.67. The van der Waals surface area contributed by atoms with E-state index in [1.165, 1.54) is 42.6 Å². The van der Waals surface area contributed by atoms with E-state index in [4.69, 9.17) is 0 Å². The Morgan fingerprint density at radius 1 is 1.15 bits per heavy atom. The van der Waals surface area contributed by atoms with E-state index in [2.05, 4.69) is 45.8 Å². The normalized spacial score (nSPS) is 16.2. The van der Waals surface area contributed by atoms with E-state index < -0.39 is 0 Å². The maximum atomic E-state index is 4.46. The number of nitrogens with zero attached hydrogens (tertiary/aromatic N) is 1. The molecule has 1 aromatic heterocycles. The van der Waals surface area contributed by atoms with Crippen LogP contribution < -0.4 is 5.32 Å². The first-order chi connectivity index (χ1) is 9.85. The standard InChI is InChI=1S/C16H21N3S/c1-20-14-9-7-12(8-10-14)15-11-17-16(19-15)18-13-5-3-2-4-6-13/h7-11,13H,2-6H2,1H3,(H2,17,18,19). The van der Waals surface area contributed by atoms with Crippen LogP contribution in [-0.4, -0.2) is 22.3 Å². The highest BCUT2D eigenvalue weighted by molar-refractivity contribution is 7.98. The maximum Gasteiger partial charge on any atom is 0.200 e. The number of hydrogen-bond acceptors (Lipinski definition) is 3. The first-order valence-electron chi connectivity index (χ1n) is 7.31. The molecule has 3 rings (SSSR count). The molecule has 0 saturated heterocycles. The molecular weight excluding hydrogens is 266 g/mol. The predicted octanol–water partition coefficient (Wildman–Crippen LogP) is 4.54. The molecule has 20 heavy (non-hydrogen) atoms. The van der Waals surface area contributed by atoms with Gasteiger partial charge >= 0.3 is 0 Å². The fourth-order valence-electron chi connectivity index (χ4n) is 2.75. The number of aromatic nitrogens is 2. The third kappa shape index (κ3) is 3.18. The second-order valence-electron chi connectivity index (χ2n) is 5.35. The van der Waals surface area contributed by atoms with Crippen molar-refractivity contribution >= 4 is 17.7 Å². The van der Waals surface area contributed by atoms with Gasteiger partial charge in [0.25, 0.3) is 0 Å². The Hall–Kier alpha value is -1.42. The van der Waals surface area contributed by atoms with Crippen LogP contribution in [0.2, 0.25) is 0 Å². The Morgan fingerprint density at radius 2 is 1.90 bits per heavy atom. The second-order valence-corrected chi connectivity index (χ2v) is 6.23. The van der Waals surface area contributed by atoms with Gasteiger partial charge in [0.1, 0.15) is 0 Å². The van der Waals surface area contributed by atoms with Gasteiger partial charge in [0.05, 0.1) is 11.9 Å². The van der Waals surface area contributed by atoms with Crippen molar-refractivity contribution in [2.45, 2.75) is 43.0 Å². The third-order valence-electron chi connectivity index (χ3n) is 3.92. The summed E-state index contributed by atoms with van der Waals surface area (Å²) >= 11 is 1.76. The minimum Gasteiger partial charge on any atom is -0.353 e. The number of aromatic amines is 1. The molecule has 0 unspecified atom stereocenters. The molecule has 4 heteroatoms. The van der Waals surface area contributed by atoms with Gasteiger partial charge < -0.3 is 10.3 Å². The Kier molecular flexibility index (Phi) is 4.31. The van der Waals surface area contributed by atoms with Crippen molar-refractivity contribution in [2.24, 2.45) is 0 Å². The van der Waals surface area contributed by atoms with Crippen LogP contribution in [0.25, 0.3) is 11.3 Å². The van der Waals surface area contributed by atoms with Crippen molar-refractivity contribution in [3.63, 3.8) is 0 Å². The lowest BCUT2D eigenvalue weighted by Gasteiger charge is -2.22. The van der Waals surface area contributed by atoms with Gasteiger partial charge in [0.2, 0.25) is 5.95 Å². The fraction of sp³-hybridized carbons (Fsp3) is 0.438. The summed E-state index contributed by atoms with van der Waals surface area (Å²) in [6, 6.07) is 9.17. The summed E-state index contributed by atoms with van der Waals surface area (Å²) < 4.78 is 0. The van der Waals surface area contributed by atoms with Gasteiger partial charge in [-0.3, -0.25) is 0 Å². The molecule has 0 amide bonds. The molecule has 0 atom stereocenters. The molecule has 1 heterocycles. The first-order valence-corrected chi connectivity index (χ1v) is 8.53. The van der Waals surface area contributed by atoms with E-state index in [0.29, 0.717) is 6.04 Å². The Labute approximate surface area is 124 Å². The van der Waals surface area contributed by atoms with Crippen LogP contribution in [0.15, 0.2) is 35.4 Å². The molecule has 3 nitrogen and oxygen atoms in total. The summed E-state index contributed by atoms with van der Waals surface area (Å²) in [5, 5.41) is 3.52. The van der Waals surface area contributed by atoms with Gasteiger partial charge in [-0.25, -0.2) is 4.98 Å². The molecule has 1 aliphatic carbocycles. The van der Waals surface area contributed by atoms with Gasteiger partial charge in [-0.05, 0) is 36.8 Å². The number of nitrogens with one attached hydrogen (secondary N) is 2. The average Bonchev–Trinajstić information content (AvgIpc) is 2.97. The van der Waals surface area contributed by atoms with E-state index >= 15 is 0 Å². The smallest absolute Gasteiger partial charge is 0.200 e. The van der Waals surface area contributed by atoms with Crippen molar-refractivity contribution in [2.75, 3.05) is 11.6 Å². The van der Waals surface area contributed by atoms with Gasteiger partial charge in [-0.15, -0.1) is 11.8 Å². The van der Waals surface area contributed by atoms with Crippen molar-refractivity contribution in [1.82, 2.24) is 9.97 Å². The lowest BCUT2D eigenvalue weighted by Crippen LogP contribution is -2.22. The van der Waals surface area contributed by atoms with Crippen LogP contribution in [-0.2, 0) is 0 Å². The molecule has 0 radical (unpaired) electrons. The largest absolute Gasteiger partial charge is 0.353 e. The second kappa shape index (κ2) is 6.35. The molecule has 2 N–H and O–H groups in total. The number of imidazole rings is 1. The average molecular weight is 287 g/mol. The van der Waals surface area contributed by atoms with Crippen LogP contribution in [0.4, 0.5) is 5.95 Å². The molecular formula is C16H21N3S. The molecule has 1 fully saturated rings. The van der Waals surface area contributed by atoms with E-state index in [0.717, 1.165) is 11.6 Å². The number of rotatable bonds is 4. The topological polar surface area (TPSA) is 40.7 Å². The predicted molar refractivity (Wildman–Crippen MR) is 86.3 cm³/mol. The molecule has 106 valence electrons. The molecule has 0 bridgehead atoms. The molecule has 1 aromatic carbocycles. The Bertz CT molecular complexity index is 541. The molecule has 0 spiro atoms. The minimum atomic E-state index is 0.585. The summed E-state index contributed by atoms with van der Waals surface area (Å²) in [5.74, 6) is 0.904. The zero-order chi connectivity index (χ0) is 13.8. The van der Waals surface area contributed by atoms with Crippen LogP contribution in [0, 0.1) is 0 Å². The summed E-state index contributed by atoms with van der Waals surface area (Å²) in [6.45, 7) is 0. The van der Waals surface area contributed by atoms with Crippen molar-refractivity contribution in [3.8, 4) is 11.3 Å². The zero-order valence-corrected chi connectivity index (χ0v) is 12.7. The van der Waals surface area contributed by atoms with E-state index in [-0.39, 0.29) is 0 Å². The number of benzene rings is 1. The fourth-order valence-corrected chi connectivity index (χ4v) is 3.16. The first kappa shape index (κ1) is 13.6. The van der Waals surface area contributed by atoms with Crippen LogP contribution in [0.5, 0.6) is 0 Å². The molecule has 1 saturated carbocycles. The van der Waals surface area contributed by atoms with E-state index in [1.54, 1.807) is 11.8 Å². The van der Waals surface area contributed by atoms with Gasteiger partial charge in [0, 0.05) is 10.9 Å². The lowest BCUT2D eigenvalue weighted by molar-refractivity contribution is 0.461. The van der Waals surface area contributed by atoms with Crippen molar-refractivity contribution in [1.29, 1.82) is 0 Å². The summed E-state index contributed by atoms with van der Waals surface area (Å²) in [4.78, 5) is 9.13. The zero-order valence-electron chi connectivity index (χ0n) is 11.9. The maximum absolute atomic E-state index is 4.46. The van der Waals surface area contributed by atoms with Gasteiger partial charge in [-0.1, -0.05) is 31.4 Å². The highest BCUT2D eigenvalue weighted by atomic mass is 32.2.